The van der Waals surface area contributed by atoms with Gasteiger partial charge in [0.2, 0.25) is 11.8 Å². The Labute approximate surface area is 231 Å². The van der Waals surface area contributed by atoms with E-state index >= 15 is 0 Å². The molecule has 0 aliphatic carbocycles. The lowest BCUT2D eigenvalue weighted by molar-refractivity contribution is -0.139. The van der Waals surface area contributed by atoms with E-state index in [2.05, 4.69) is 21.2 Å². The lowest BCUT2D eigenvalue weighted by Gasteiger charge is -2.31. The molecule has 0 unspecified atom stereocenters. The van der Waals surface area contributed by atoms with Crippen LogP contribution in [0.15, 0.2) is 87.1 Å². The number of sulfonamides is 1. The molecule has 0 radical (unpaired) electrons. The first-order chi connectivity index (χ1) is 17.6. The number of likely N-dealkylation sites (N-methyl/N-ethyl adjacent to an activating group) is 1. The number of nitrogens with zero attached hydrogens (tertiary/aromatic N) is 2. The van der Waals surface area contributed by atoms with Gasteiger partial charge in [0, 0.05) is 23.0 Å². The van der Waals surface area contributed by atoms with Crippen LogP contribution in [0.1, 0.15) is 18.1 Å². The summed E-state index contributed by atoms with van der Waals surface area (Å²) in [5, 5.41) is 2.58. The maximum Gasteiger partial charge on any atom is 0.264 e. The molecular weight excluding hydrogens is 574 g/mol. The minimum atomic E-state index is -4.08. The highest BCUT2D eigenvalue weighted by Crippen LogP contribution is 2.26. The summed E-state index contributed by atoms with van der Waals surface area (Å²) in [6.07, 6.45) is 1.91. The van der Waals surface area contributed by atoms with E-state index < -0.39 is 28.5 Å². The van der Waals surface area contributed by atoms with Crippen LogP contribution < -0.4 is 9.62 Å². The Morgan fingerprint density at radius 3 is 2.24 bits per heavy atom. The Morgan fingerprint density at radius 2 is 1.68 bits per heavy atom. The topological polar surface area (TPSA) is 86.8 Å². The summed E-state index contributed by atoms with van der Waals surface area (Å²) in [5.74, 6) is -0.846. The van der Waals surface area contributed by atoms with Crippen LogP contribution in [0.5, 0.6) is 0 Å². The van der Waals surface area contributed by atoms with E-state index in [0.717, 1.165) is 24.8 Å². The van der Waals surface area contributed by atoms with Gasteiger partial charge in [-0.05, 0) is 74.2 Å². The van der Waals surface area contributed by atoms with Gasteiger partial charge < -0.3 is 10.2 Å². The molecule has 1 N–H and O–H groups in total. The van der Waals surface area contributed by atoms with E-state index in [4.69, 9.17) is 0 Å². The van der Waals surface area contributed by atoms with Gasteiger partial charge in [-0.2, -0.15) is 0 Å². The van der Waals surface area contributed by atoms with Crippen LogP contribution in [-0.4, -0.2) is 51.0 Å². The number of anilines is 1. The molecule has 196 valence electrons. The fourth-order valence-corrected chi connectivity index (χ4v) is 6.01. The minimum absolute atomic E-state index is 0.0802. The van der Waals surface area contributed by atoms with Crippen molar-refractivity contribution in [3.63, 3.8) is 0 Å². The fourth-order valence-electron chi connectivity index (χ4n) is 3.74. The smallest absolute Gasteiger partial charge is 0.264 e. The third-order valence-electron chi connectivity index (χ3n) is 5.90. The van der Waals surface area contributed by atoms with Crippen molar-refractivity contribution >= 4 is 55.2 Å². The van der Waals surface area contributed by atoms with E-state index in [1.54, 1.807) is 55.5 Å². The molecule has 0 aromatic heterocycles. The lowest BCUT2D eigenvalue weighted by atomic mass is 10.1. The zero-order valence-corrected chi connectivity index (χ0v) is 24.4. The normalized spacial score (nSPS) is 12.0. The van der Waals surface area contributed by atoms with Crippen LogP contribution in [0.4, 0.5) is 5.69 Å². The summed E-state index contributed by atoms with van der Waals surface area (Å²) >= 11 is 4.94. The number of thioether (sulfide) groups is 1. The summed E-state index contributed by atoms with van der Waals surface area (Å²) in [6, 6.07) is 20.1. The Kier molecular flexibility index (Phi) is 9.80. The highest BCUT2D eigenvalue weighted by atomic mass is 79.9. The number of nitrogens with one attached hydrogen (secondary N) is 1. The van der Waals surface area contributed by atoms with E-state index in [1.807, 2.05) is 37.4 Å². The number of rotatable bonds is 10. The molecule has 0 heterocycles. The largest absolute Gasteiger partial charge is 0.357 e. The van der Waals surface area contributed by atoms with E-state index in [1.165, 1.54) is 23.7 Å². The Hall–Kier alpha value is -2.82. The van der Waals surface area contributed by atoms with Crippen molar-refractivity contribution in [3.05, 3.63) is 88.4 Å². The van der Waals surface area contributed by atoms with Gasteiger partial charge in [-0.3, -0.25) is 13.9 Å². The first-order valence-electron chi connectivity index (χ1n) is 11.6. The van der Waals surface area contributed by atoms with Crippen LogP contribution in [0.25, 0.3) is 0 Å². The van der Waals surface area contributed by atoms with Crippen molar-refractivity contribution in [2.75, 3.05) is 24.2 Å². The molecule has 0 saturated heterocycles. The molecular formula is C27H30BrN3O4S2. The van der Waals surface area contributed by atoms with Gasteiger partial charge in [0.1, 0.15) is 12.6 Å². The van der Waals surface area contributed by atoms with Crippen molar-refractivity contribution in [2.24, 2.45) is 0 Å². The first-order valence-corrected chi connectivity index (χ1v) is 15.0. The van der Waals surface area contributed by atoms with Gasteiger partial charge in [-0.15, -0.1) is 11.8 Å². The maximum atomic E-state index is 13.8. The number of carbonyl (C=O) groups excluding carboxylic acids is 2. The van der Waals surface area contributed by atoms with Gasteiger partial charge in [0.25, 0.3) is 10.0 Å². The molecule has 0 spiro atoms. The molecule has 2 amide bonds. The van der Waals surface area contributed by atoms with Crippen molar-refractivity contribution in [1.29, 1.82) is 0 Å². The number of halogens is 1. The second-order valence-electron chi connectivity index (χ2n) is 8.46. The molecule has 3 rings (SSSR count). The van der Waals surface area contributed by atoms with Crippen LogP contribution in [-0.2, 0) is 26.2 Å². The number of aryl methyl sites for hydroxylation is 1. The molecule has 0 aliphatic rings. The second kappa shape index (κ2) is 12.6. The molecule has 0 aliphatic heterocycles. The molecule has 0 saturated carbocycles. The van der Waals surface area contributed by atoms with Crippen LogP contribution in [0, 0.1) is 6.92 Å². The fraction of sp³-hybridized carbons (Fsp3) is 0.259. The molecule has 3 aromatic rings. The van der Waals surface area contributed by atoms with Crippen molar-refractivity contribution < 1.29 is 18.0 Å². The molecule has 3 aromatic carbocycles. The van der Waals surface area contributed by atoms with Crippen LogP contribution in [0.3, 0.4) is 0 Å². The van der Waals surface area contributed by atoms with Gasteiger partial charge in [0.15, 0.2) is 0 Å². The summed E-state index contributed by atoms with van der Waals surface area (Å²) in [4.78, 5) is 28.7. The van der Waals surface area contributed by atoms with Crippen molar-refractivity contribution in [2.45, 2.75) is 36.2 Å². The second-order valence-corrected chi connectivity index (χ2v) is 12.1. The summed E-state index contributed by atoms with van der Waals surface area (Å²) in [5.41, 5.74) is 2.13. The average molecular weight is 605 g/mol. The SMILES string of the molecule is CNC(=O)[C@H](C)N(Cc1cccc(Br)c1)C(=O)CN(c1ccc(C)cc1)S(=O)(=O)c1ccc(SC)cc1. The van der Waals surface area contributed by atoms with Gasteiger partial charge >= 0.3 is 0 Å². The monoisotopic (exact) mass is 603 g/mol. The Bertz CT molecular complexity index is 1350. The van der Waals surface area contributed by atoms with Gasteiger partial charge in [-0.1, -0.05) is 45.8 Å². The van der Waals surface area contributed by atoms with E-state index in [9.17, 15) is 18.0 Å². The molecule has 0 bridgehead atoms. The number of carbonyl (C=O) groups is 2. The summed E-state index contributed by atoms with van der Waals surface area (Å²) in [6.45, 7) is 3.20. The van der Waals surface area contributed by atoms with E-state index in [0.29, 0.717) is 5.69 Å². The predicted molar refractivity (Wildman–Crippen MR) is 152 cm³/mol. The van der Waals surface area contributed by atoms with Crippen LogP contribution >= 0.6 is 27.7 Å². The van der Waals surface area contributed by atoms with Crippen molar-refractivity contribution in [1.82, 2.24) is 10.2 Å². The predicted octanol–water partition coefficient (Wildman–Crippen LogP) is 4.84. The quantitative estimate of drug-likeness (QED) is 0.335. The maximum absolute atomic E-state index is 13.8. The van der Waals surface area contributed by atoms with Gasteiger partial charge in [0.05, 0.1) is 10.6 Å². The highest BCUT2D eigenvalue weighted by Gasteiger charge is 2.32. The number of amides is 2. The molecule has 37 heavy (non-hydrogen) atoms. The molecule has 0 fully saturated rings. The standard InChI is InChI=1S/C27H30BrN3O4S2/c1-19-8-10-23(11-9-19)31(37(34,35)25-14-12-24(36-4)13-15-25)18-26(32)30(20(2)27(33)29-3)17-21-6-5-7-22(28)16-21/h5-16,20H,17-18H2,1-4H3,(H,29,33)/t20-/m0/s1. The van der Waals surface area contributed by atoms with Crippen molar-refractivity contribution in [3.8, 4) is 0 Å². The summed E-state index contributed by atoms with van der Waals surface area (Å²) in [7, 11) is -2.58. The molecule has 1 atom stereocenters. The third-order valence-corrected chi connectivity index (χ3v) is 8.93. The third kappa shape index (κ3) is 7.15. The highest BCUT2D eigenvalue weighted by molar-refractivity contribution is 9.10. The Balaban J connectivity index is 2.02. The average Bonchev–Trinajstić information content (AvgIpc) is 2.90. The summed E-state index contributed by atoms with van der Waals surface area (Å²) < 4.78 is 29.5. The minimum Gasteiger partial charge on any atom is -0.357 e. The number of benzene rings is 3. The zero-order chi connectivity index (χ0) is 27.2. The zero-order valence-electron chi connectivity index (χ0n) is 21.1. The van der Waals surface area contributed by atoms with Crippen LogP contribution in [0.2, 0.25) is 0 Å². The molecule has 10 heteroatoms. The Morgan fingerprint density at radius 1 is 1.03 bits per heavy atom. The number of hydrogen-bond donors (Lipinski definition) is 1. The van der Waals surface area contributed by atoms with E-state index in [-0.39, 0.29) is 17.3 Å². The molecule has 7 nitrogen and oxygen atoms in total. The first kappa shape index (κ1) is 28.7. The number of hydrogen-bond acceptors (Lipinski definition) is 5. The lowest BCUT2D eigenvalue weighted by Crippen LogP contribution is -2.50. The van der Waals surface area contributed by atoms with Gasteiger partial charge in [-0.25, -0.2) is 8.42 Å².